The molecule has 130 valence electrons. The van der Waals surface area contributed by atoms with Gasteiger partial charge in [-0.1, -0.05) is 19.0 Å². The van der Waals surface area contributed by atoms with Crippen molar-refractivity contribution in [1.29, 1.82) is 0 Å². The maximum Gasteiger partial charge on any atom is 0.407 e. The molecule has 7 nitrogen and oxygen atoms in total. The van der Waals surface area contributed by atoms with E-state index in [1.807, 2.05) is 20.8 Å². The normalized spacial score (nSPS) is 14.3. The molecule has 1 aromatic heterocycles. The fourth-order valence-corrected chi connectivity index (χ4v) is 1.76. The van der Waals surface area contributed by atoms with Crippen molar-refractivity contribution in [3.63, 3.8) is 0 Å². The minimum absolute atomic E-state index is 0.0781. The third-order valence-corrected chi connectivity index (χ3v) is 3.53. The summed E-state index contributed by atoms with van der Waals surface area (Å²) in [5.41, 5.74) is -1.01. The van der Waals surface area contributed by atoms with Crippen molar-refractivity contribution in [2.24, 2.45) is 5.92 Å². The van der Waals surface area contributed by atoms with Crippen LogP contribution in [0.15, 0.2) is 10.6 Å². The zero-order valence-corrected chi connectivity index (χ0v) is 14.9. The van der Waals surface area contributed by atoms with Crippen molar-refractivity contribution in [3.05, 3.63) is 17.5 Å². The minimum Gasteiger partial charge on any atom is -0.444 e. The molecule has 0 aromatic carbocycles. The van der Waals surface area contributed by atoms with Gasteiger partial charge in [0.05, 0.1) is 5.54 Å². The molecule has 0 fully saturated rings. The average molecular weight is 325 g/mol. The first kappa shape index (κ1) is 19.0. The Morgan fingerprint density at radius 1 is 1.30 bits per heavy atom. The second kappa shape index (κ2) is 7.02. The van der Waals surface area contributed by atoms with Gasteiger partial charge in [-0.25, -0.2) is 4.79 Å². The molecule has 1 heterocycles. The lowest BCUT2D eigenvalue weighted by Gasteiger charge is -2.35. The largest absolute Gasteiger partial charge is 0.444 e. The molecule has 1 rings (SSSR count). The third-order valence-electron chi connectivity index (χ3n) is 3.53. The number of ether oxygens (including phenoxy) is 1. The number of hydrogen-bond acceptors (Lipinski definition) is 5. The molecule has 0 spiro atoms. The van der Waals surface area contributed by atoms with Crippen molar-refractivity contribution in [2.45, 2.75) is 59.6 Å². The second-order valence-electron chi connectivity index (χ2n) is 7.20. The van der Waals surface area contributed by atoms with Gasteiger partial charge in [0.1, 0.15) is 11.4 Å². The predicted molar refractivity (Wildman–Crippen MR) is 86.2 cm³/mol. The maximum absolute atomic E-state index is 12.3. The highest BCUT2D eigenvalue weighted by atomic mass is 16.6. The van der Waals surface area contributed by atoms with E-state index in [2.05, 4.69) is 15.8 Å². The van der Waals surface area contributed by atoms with Crippen molar-refractivity contribution < 1.29 is 18.8 Å². The lowest BCUT2D eigenvalue weighted by Crippen LogP contribution is -2.57. The van der Waals surface area contributed by atoms with Crippen LogP contribution in [-0.2, 0) is 4.74 Å². The maximum atomic E-state index is 12.3. The Balaban J connectivity index is 2.71. The standard InChI is InChI=1S/C16H27N3O4/c1-10(2)16(7,9-17-14(21)22-15(4,5)6)18-13(20)12-8-11(3)23-19-12/h8,10H,9H2,1-7H3,(H,17,21)(H,18,20)/t16-/m0/s1. The Morgan fingerprint density at radius 2 is 1.91 bits per heavy atom. The van der Waals surface area contributed by atoms with E-state index in [9.17, 15) is 9.59 Å². The van der Waals surface area contributed by atoms with Gasteiger partial charge in [0.25, 0.3) is 5.91 Å². The smallest absolute Gasteiger partial charge is 0.407 e. The summed E-state index contributed by atoms with van der Waals surface area (Å²) in [6.45, 7) is 13.1. The van der Waals surface area contributed by atoms with E-state index in [1.54, 1.807) is 33.8 Å². The van der Waals surface area contributed by atoms with Crippen molar-refractivity contribution in [2.75, 3.05) is 6.54 Å². The molecule has 0 radical (unpaired) electrons. The number of amides is 2. The molecule has 2 N–H and O–H groups in total. The van der Waals surface area contributed by atoms with Crippen LogP contribution in [-0.4, -0.2) is 34.8 Å². The van der Waals surface area contributed by atoms with Crippen LogP contribution in [0.1, 0.15) is 57.8 Å². The number of rotatable bonds is 5. The Hall–Kier alpha value is -2.05. The van der Waals surface area contributed by atoms with Gasteiger partial charge in [0.2, 0.25) is 0 Å². The highest BCUT2D eigenvalue weighted by Crippen LogP contribution is 2.17. The Labute approximate surface area is 137 Å². The Morgan fingerprint density at radius 3 is 2.35 bits per heavy atom. The van der Waals surface area contributed by atoms with Crippen LogP contribution in [0.3, 0.4) is 0 Å². The molecule has 0 aliphatic heterocycles. The fourth-order valence-electron chi connectivity index (χ4n) is 1.76. The minimum atomic E-state index is -0.652. The van der Waals surface area contributed by atoms with Crippen LogP contribution < -0.4 is 10.6 Å². The molecule has 0 saturated heterocycles. The molecule has 0 aliphatic rings. The summed E-state index contributed by atoms with van der Waals surface area (Å²) in [5, 5.41) is 9.32. The number of alkyl carbamates (subject to hydrolysis) is 1. The average Bonchev–Trinajstić information content (AvgIpc) is 2.81. The summed E-state index contributed by atoms with van der Waals surface area (Å²) in [6.07, 6.45) is -0.518. The molecule has 2 amide bonds. The zero-order chi connectivity index (χ0) is 17.8. The number of hydrogen-bond donors (Lipinski definition) is 2. The van der Waals surface area contributed by atoms with E-state index >= 15 is 0 Å². The highest BCUT2D eigenvalue weighted by Gasteiger charge is 2.32. The van der Waals surface area contributed by atoms with Crippen LogP contribution >= 0.6 is 0 Å². The molecule has 0 unspecified atom stereocenters. The Kier molecular flexibility index (Phi) is 5.80. The third kappa shape index (κ3) is 5.92. The lowest BCUT2D eigenvalue weighted by atomic mass is 9.88. The highest BCUT2D eigenvalue weighted by molar-refractivity contribution is 5.92. The number of carbonyl (C=O) groups is 2. The summed E-state index contributed by atoms with van der Waals surface area (Å²) in [5.74, 6) is 0.298. The monoisotopic (exact) mass is 325 g/mol. The fraction of sp³-hybridized carbons (Fsp3) is 0.688. The van der Waals surface area contributed by atoms with Gasteiger partial charge in [-0.05, 0) is 40.5 Å². The van der Waals surface area contributed by atoms with Gasteiger partial charge < -0.3 is 19.9 Å². The molecule has 0 bridgehead atoms. The van der Waals surface area contributed by atoms with Crippen molar-refractivity contribution in [1.82, 2.24) is 15.8 Å². The van der Waals surface area contributed by atoms with E-state index in [-0.39, 0.29) is 24.1 Å². The number of carbonyl (C=O) groups excluding carboxylic acids is 2. The summed E-state index contributed by atoms with van der Waals surface area (Å²) in [4.78, 5) is 24.1. The van der Waals surface area contributed by atoms with Crippen molar-refractivity contribution >= 4 is 12.0 Å². The SMILES string of the molecule is Cc1cc(C(=O)N[C@@](C)(CNC(=O)OC(C)(C)C)C(C)C)no1. The molecule has 7 heteroatoms. The van der Waals surface area contributed by atoms with E-state index in [0.717, 1.165) is 0 Å². The molecule has 0 saturated carbocycles. The number of nitrogens with zero attached hydrogens (tertiary/aromatic N) is 1. The van der Waals surface area contributed by atoms with Crippen LogP contribution in [0.4, 0.5) is 4.79 Å². The molecular formula is C16H27N3O4. The number of aromatic nitrogens is 1. The summed E-state index contributed by atoms with van der Waals surface area (Å²) < 4.78 is 10.1. The first-order chi connectivity index (χ1) is 10.4. The van der Waals surface area contributed by atoms with Gasteiger partial charge >= 0.3 is 6.09 Å². The number of aryl methyl sites for hydroxylation is 1. The molecular weight excluding hydrogens is 298 g/mol. The lowest BCUT2D eigenvalue weighted by molar-refractivity contribution is 0.0496. The van der Waals surface area contributed by atoms with Gasteiger partial charge in [-0.15, -0.1) is 0 Å². The second-order valence-corrected chi connectivity index (χ2v) is 7.20. The molecule has 1 atom stereocenters. The number of nitrogens with one attached hydrogen (secondary N) is 2. The first-order valence-electron chi connectivity index (χ1n) is 7.65. The zero-order valence-electron chi connectivity index (χ0n) is 14.9. The van der Waals surface area contributed by atoms with Crippen molar-refractivity contribution in [3.8, 4) is 0 Å². The first-order valence-corrected chi connectivity index (χ1v) is 7.65. The van der Waals surface area contributed by atoms with Gasteiger partial charge in [-0.2, -0.15) is 0 Å². The van der Waals surface area contributed by atoms with E-state index in [4.69, 9.17) is 9.26 Å². The van der Waals surface area contributed by atoms with Gasteiger partial charge in [0, 0.05) is 12.6 Å². The van der Waals surface area contributed by atoms with Gasteiger partial charge in [0.15, 0.2) is 5.69 Å². The Bertz CT molecular complexity index is 560. The summed E-state index contributed by atoms with van der Waals surface area (Å²) >= 11 is 0. The van der Waals surface area contributed by atoms with Crippen LogP contribution in [0.2, 0.25) is 0 Å². The summed E-state index contributed by atoms with van der Waals surface area (Å²) in [7, 11) is 0. The van der Waals surface area contributed by atoms with Crippen LogP contribution in [0, 0.1) is 12.8 Å². The van der Waals surface area contributed by atoms with E-state index in [0.29, 0.717) is 5.76 Å². The molecule has 23 heavy (non-hydrogen) atoms. The van der Waals surface area contributed by atoms with Crippen LogP contribution in [0.25, 0.3) is 0 Å². The predicted octanol–water partition coefficient (Wildman–Crippen LogP) is 2.65. The molecule has 1 aromatic rings. The summed E-state index contributed by atoms with van der Waals surface area (Å²) in [6, 6.07) is 1.57. The van der Waals surface area contributed by atoms with Crippen LogP contribution in [0.5, 0.6) is 0 Å². The van der Waals surface area contributed by atoms with E-state index in [1.165, 1.54) is 0 Å². The molecule has 0 aliphatic carbocycles. The van der Waals surface area contributed by atoms with Gasteiger partial charge in [-0.3, -0.25) is 4.79 Å². The quantitative estimate of drug-likeness (QED) is 0.868. The van der Waals surface area contributed by atoms with E-state index < -0.39 is 17.2 Å². The topological polar surface area (TPSA) is 93.5 Å².